The Kier molecular flexibility index (Phi) is 2.27. The van der Waals surface area contributed by atoms with E-state index in [-0.39, 0.29) is 12.1 Å². The smallest absolute Gasteiger partial charge is 0.312 e. The summed E-state index contributed by atoms with van der Waals surface area (Å²) >= 11 is 0. The predicted molar refractivity (Wildman–Crippen MR) is 39.1 cm³/mol. The summed E-state index contributed by atoms with van der Waals surface area (Å²) in [5.41, 5.74) is 5.64. The quantitative estimate of drug-likeness (QED) is 0.582. The molecule has 1 rings (SSSR count). The molecule has 1 heterocycles. The summed E-state index contributed by atoms with van der Waals surface area (Å²) < 4.78 is 0. The van der Waals surface area contributed by atoms with Crippen LogP contribution in [0.1, 0.15) is 19.8 Å². The van der Waals surface area contributed by atoms with Gasteiger partial charge in [0.2, 0.25) is 0 Å². The van der Waals surface area contributed by atoms with Crippen LogP contribution in [-0.2, 0) is 4.79 Å². The Bertz CT molecular complexity index is 125. The lowest BCUT2D eigenvalue weighted by Gasteiger charge is -2.21. The molecule has 3 heteroatoms. The minimum Gasteiger partial charge on any atom is -0.330 e. The number of amides is 1. The Hall–Kier alpha value is -0.570. The zero-order valence-electron chi connectivity index (χ0n) is 6.21. The summed E-state index contributed by atoms with van der Waals surface area (Å²) in [6.45, 7) is 2.76. The zero-order chi connectivity index (χ0) is 7.56. The molecule has 0 aromatic rings. The molecule has 0 spiro atoms. The first-order valence-electron chi connectivity index (χ1n) is 3.65. The highest BCUT2D eigenvalue weighted by molar-refractivity contribution is 5.49. The number of hydrogen-bond donors (Lipinski definition) is 1. The Morgan fingerprint density at radius 2 is 2.50 bits per heavy atom. The normalized spacial score (nSPS) is 28.6. The van der Waals surface area contributed by atoms with Gasteiger partial charge in [0, 0.05) is 18.6 Å². The summed E-state index contributed by atoms with van der Waals surface area (Å²) in [6.07, 6.45) is 4.00. The van der Waals surface area contributed by atoms with E-state index in [1.54, 1.807) is 4.90 Å². The van der Waals surface area contributed by atoms with Crippen molar-refractivity contribution in [2.24, 2.45) is 5.73 Å². The summed E-state index contributed by atoms with van der Waals surface area (Å²) in [7, 11) is 0. The van der Waals surface area contributed by atoms with Gasteiger partial charge in [0.1, 0.15) is 0 Å². The molecule has 1 saturated heterocycles. The van der Waals surface area contributed by atoms with Crippen LogP contribution < -0.4 is 5.73 Å². The SMILES string of the molecule is CC(N)C1CCCN1[C]=O. The second kappa shape index (κ2) is 3.01. The zero-order valence-corrected chi connectivity index (χ0v) is 6.21. The summed E-state index contributed by atoms with van der Waals surface area (Å²) in [5.74, 6) is 0. The van der Waals surface area contributed by atoms with Crippen LogP contribution in [0.2, 0.25) is 0 Å². The number of hydrogen-bond acceptors (Lipinski definition) is 2. The van der Waals surface area contributed by atoms with Gasteiger partial charge in [-0.15, -0.1) is 0 Å². The molecule has 1 radical (unpaired) electrons. The van der Waals surface area contributed by atoms with Crippen molar-refractivity contribution in [2.45, 2.75) is 31.8 Å². The van der Waals surface area contributed by atoms with Gasteiger partial charge in [0.15, 0.2) is 0 Å². The second-order valence-corrected chi connectivity index (χ2v) is 2.85. The van der Waals surface area contributed by atoms with Crippen LogP contribution in [0.15, 0.2) is 0 Å². The molecule has 0 bridgehead atoms. The standard InChI is InChI=1S/C7H13N2O/c1-6(8)7-3-2-4-9(7)5-10/h6-7H,2-4,8H2,1H3. The third-order valence-electron chi connectivity index (χ3n) is 2.02. The molecule has 0 aromatic heterocycles. The van der Waals surface area contributed by atoms with Crippen LogP contribution >= 0.6 is 0 Å². The van der Waals surface area contributed by atoms with Gasteiger partial charge in [0.25, 0.3) is 0 Å². The molecule has 1 fully saturated rings. The van der Waals surface area contributed by atoms with E-state index >= 15 is 0 Å². The fourth-order valence-corrected chi connectivity index (χ4v) is 1.45. The average molecular weight is 141 g/mol. The van der Waals surface area contributed by atoms with Gasteiger partial charge >= 0.3 is 6.41 Å². The first kappa shape index (κ1) is 7.54. The minimum absolute atomic E-state index is 0.0870. The topological polar surface area (TPSA) is 46.3 Å². The lowest BCUT2D eigenvalue weighted by atomic mass is 10.1. The van der Waals surface area contributed by atoms with Crippen molar-refractivity contribution in [1.82, 2.24) is 4.90 Å². The Balaban J connectivity index is 2.49. The number of rotatable bonds is 2. The van der Waals surface area contributed by atoms with Crippen LogP contribution in [-0.4, -0.2) is 29.9 Å². The third kappa shape index (κ3) is 1.29. The van der Waals surface area contributed by atoms with Crippen molar-refractivity contribution < 1.29 is 4.79 Å². The second-order valence-electron chi connectivity index (χ2n) is 2.85. The first-order valence-corrected chi connectivity index (χ1v) is 3.65. The average Bonchev–Trinajstić information content (AvgIpc) is 2.33. The van der Waals surface area contributed by atoms with E-state index in [0.717, 1.165) is 19.4 Å². The molecular formula is C7H13N2O. The highest BCUT2D eigenvalue weighted by Crippen LogP contribution is 2.16. The van der Waals surface area contributed by atoms with E-state index in [9.17, 15) is 4.79 Å². The van der Waals surface area contributed by atoms with Crippen molar-refractivity contribution in [1.29, 1.82) is 0 Å². The molecular weight excluding hydrogens is 128 g/mol. The maximum absolute atomic E-state index is 10.3. The maximum atomic E-state index is 10.3. The molecule has 0 aliphatic carbocycles. The number of nitrogens with two attached hydrogens (primary N) is 1. The van der Waals surface area contributed by atoms with Gasteiger partial charge in [-0.25, -0.2) is 0 Å². The number of carbonyl (C=O) groups excluding carboxylic acids is 1. The van der Waals surface area contributed by atoms with E-state index in [0.29, 0.717) is 0 Å². The van der Waals surface area contributed by atoms with Crippen LogP contribution in [0.25, 0.3) is 0 Å². The molecule has 0 aromatic carbocycles. The van der Waals surface area contributed by atoms with E-state index < -0.39 is 0 Å². The fraction of sp³-hybridized carbons (Fsp3) is 0.857. The summed E-state index contributed by atoms with van der Waals surface area (Å²) in [6, 6.07) is 0.321. The molecule has 2 unspecified atom stereocenters. The van der Waals surface area contributed by atoms with Crippen LogP contribution in [0.3, 0.4) is 0 Å². The van der Waals surface area contributed by atoms with Crippen molar-refractivity contribution in [3.05, 3.63) is 0 Å². The van der Waals surface area contributed by atoms with E-state index in [4.69, 9.17) is 5.73 Å². The molecule has 10 heavy (non-hydrogen) atoms. The lowest BCUT2D eigenvalue weighted by Crippen LogP contribution is -2.41. The molecule has 3 nitrogen and oxygen atoms in total. The third-order valence-corrected chi connectivity index (χ3v) is 2.02. The monoisotopic (exact) mass is 141 g/mol. The summed E-state index contributed by atoms with van der Waals surface area (Å²) in [5, 5.41) is 0. The highest BCUT2D eigenvalue weighted by atomic mass is 16.1. The van der Waals surface area contributed by atoms with Gasteiger partial charge < -0.3 is 10.6 Å². The number of likely N-dealkylation sites (tertiary alicyclic amines) is 1. The van der Waals surface area contributed by atoms with Crippen molar-refractivity contribution in [3.8, 4) is 0 Å². The summed E-state index contributed by atoms with van der Waals surface area (Å²) in [4.78, 5) is 11.9. The van der Waals surface area contributed by atoms with Crippen molar-refractivity contribution >= 4 is 6.41 Å². The van der Waals surface area contributed by atoms with E-state index in [2.05, 4.69) is 0 Å². The van der Waals surface area contributed by atoms with Gasteiger partial charge in [-0.3, -0.25) is 4.79 Å². The largest absolute Gasteiger partial charge is 0.330 e. The van der Waals surface area contributed by atoms with Crippen LogP contribution in [0.4, 0.5) is 0 Å². The Morgan fingerprint density at radius 1 is 1.80 bits per heavy atom. The fourth-order valence-electron chi connectivity index (χ4n) is 1.45. The maximum Gasteiger partial charge on any atom is 0.312 e. The van der Waals surface area contributed by atoms with Gasteiger partial charge in [-0.05, 0) is 19.8 Å². The van der Waals surface area contributed by atoms with Gasteiger partial charge in [0.05, 0.1) is 0 Å². The lowest BCUT2D eigenvalue weighted by molar-refractivity contribution is 0.325. The Labute approximate surface area is 61.2 Å². The number of nitrogens with zero attached hydrogens (tertiary/aromatic N) is 1. The van der Waals surface area contributed by atoms with Crippen molar-refractivity contribution in [2.75, 3.05) is 6.54 Å². The van der Waals surface area contributed by atoms with Gasteiger partial charge in [-0.2, -0.15) is 0 Å². The molecule has 2 atom stereocenters. The molecule has 57 valence electrons. The predicted octanol–water partition coefficient (Wildman–Crippen LogP) is -0.135. The van der Waals surface area contributed by atoms with E-state index in [1.807, 2.05) is 13.3 Å². The van der Waals surface area contributed by atoms with Gasteiger partial charge in [-0.1, -0.05) is 0 Å². The molecule has 1 aliphatic heterocycles. The molecule has 0 saturated carbocycles. The molecule has 1 amide bonds. The van der Waals surface area contributed by atoms with Crippen LogP contribution in [0.5, 0.6) is 0 Å². The van der Waals surface area contributed by atoms with Crippen molar-refractivity contribution in [3.63, 3.8) is 0 Å². The molecule has 1 aliphatic rings. The Morgan fingerprint density at radius 3 is 2.90 bits per heavy atom. The first-order chi connectivity index (χ1) is 4.75. The minimum atomic E-state index is 0.0870. The van der Waals surface area contributed by atoms with Crippen LogP contribution in [0, 0.1) is 0 Å². The highest BCUT2D eigenvalue weighted by Gasteiger charge is 2.26. The van der Waals surface area contributed by atoms with E-state index in [1.165, 1.54) is 0 Å². The molecule has 2 N–H and O–H groups in total.